The Kier molecular flexibility index (Phi) is 5.23. The van der Waals surface area contributed by atoms with Gasteiger partial charge in [0, 0.05) is 37.4 Å². The Bertz CT molecular complexity index is 1150. The molecule has 1 amide bonds. The van der Waals surface area contributed by atoms with Crippen molar-refractivity contribution in [2.24, 2.45) is 0 Å². The quantitative estimate of drug-likeness (QED) is 0.499. The van der Waals surface area contributed by atoms with E-state index in [2.05, 4.69) is 29.2 Å². The SMILES string of the molecule is O=C(c1cc(-c2ccccc2)nn1-c1ccccc1)N1CCN(c2ccccc2)CC1. The first-order chi connectivity index (χ1) is 15.3. The highest BCUT2D eigenvalue weighted by Crippen LogP contribution is 2.23. The molecule has 31 heavy (non-hydrogen) atoms. The van der Waals surface area contributed by atoms with Crippen molar-refractivity contribution in [3.05, 3.63) is 103 Å². The van der Waals surface area contributed by atoms with Gasteiger partial charge < -0.3 is 9.80 Å². The molecule has 0 bridgehead atoms. The number of anilines is 1. The van der Waals surface area contributed by atoms with E-state index in [4.69, 9.17) is 5.10 Å². The van der Waals surface area contributed by atoms with E-state index in [0.717, 1.165) is 30.0 Å². The van der Waals surface area contributed by atoms with E-state index in [1.807, 2.05) is 77.7 Å². The third-order valence-electron chi connectivity index (χ3n) is 5.69. The van der Waals surface area contributed by atoms with Crippen molar-refractivity contribution >= 4 is 11.6 Å². The van der Waals surface area contributed by atoms with Crippen LogP contribution in [-0.4, -0.2) is 46.8 Å². The molecule has 1 saturated heterocycles. The van der Waals surface area contributed by atoms with Gasteiger partial charge in [-0.15, -0.1) is 0 Å². The number of nitrogens with zero attached hydrogens (tertiary/aromatic N) is 4. The zero-order valence-corrected chi connectivity index (χ0v) is 17.3. The van der Waals surface area contributed by atoms with Crippen LogP contribution in [-0.2, 0) is 0 Å². The van der Waals surface area contributed by atoms with Gasteiger partial charge in [0.1, 0.15) is 5.69 Å². The van der Waals surface area contributed by atoms with Crippen LogP contribution in [0.25, 0.3) is 16.9 Å². The largest absolute Gasteiger partial charge is 0.368 e. The van der Waals surface area contributed by atoms with E-state index < -0.39 is 0 Å². The summed E-state index contributed by atoms with van der Waals surface area (Å²) in [5.41, 5.74) is 4.49. The molecular weight excluding hydrogens is 384 g/mol. The minimum absolute atomic E-state index is 0.0197. The first-order valence-corrected chi connectivity index (χ1v) is 10.6. The van der Waals surface area contributed by atoms with Crippen molar-refractivity contribution in [2.75, 3.05) is 31.1 Å². The van der Waals surface area contributed by atoms with Crippen LogP contribution in [0.15, 0.2) is 97.1 Å². The van der Waals surface area contributed by atoms with Crippen molar-refractivity contribution in [1.82, 2.24) is 14.7 Å². The molecule has 1 aliphatic heterocycles. The second-order valence-electron chi connectivity index (χ2n) is 7.64. The fourth-order valence-electron chi connectivity index (χ4n) is 4.02. The van der Waals surface area contributed by atoms with E-state index in [0.29, 0.717) is 18.8 Å². The Labute approximate surface area is 182 Å². The first-order valence-electron chi connectivity index (χ1n) is 10.6. The predicted molar refractivity (Wildman–Crippen MR) is 124 cm³/mol. The molecule has 1 fully saturated rings. The van der Waals surface area contributed by atoms with Gasteiger partial charge in [0.25, 0.3) is 5.91 Å². The van der Waals surface area contributed by atoms with E-state index in [-0.39, 0.29) is 5.91 Å². The number of amides is 1. The lowest BCUT2D eigenvalue weighted by Gasteiger charge is -2.36. The molecule has 0 saturated carbocycles. The summed E-state index contributed by atoms with van der Waals surface area (Å²) in [6, 6.07) is 32.1. The average Bonchev–Trinajstić information content (AvgIpc) is 3.31. The smallest absolute Gasteiger partial charge is 0.272 e. The number of para-hydroxylation sites is 2. The summed E-state index contributed by atoms with van der Waals surface area (Å²) in [5, 5.41) is 4.79. The third-order valence-corrected chi connectivity index (χ3v) is 5.69. The monoisotopic (exact) mass is 408 g/mol. The summed E-state index contributed by atoms with van der Waals surface area (Å²) in [6.07, 6.45) is 0. The van der Waals surface area contributed by atoms with Gasteiger partial charge in [0.15, 0.2) is 0 Å². The van der Waals surface area contributed by atoms with Crippen LogP contribution in [0.1, 0.15) is 10.5 Å². The number of piperazine rings is 1. The summed E-state index contributed by atoms with van der Waals surface area (Å²) in [7, 11) is 0. The van der Waals surface area contributed by atoms with Crippen molar-refractivity contribution in [2.45, 2.75) is 0 Å². The minimum atomic E-state index is 0.0197. The molecule has 3 aromatic carbocycles. The van der Waals surface area contributed by atoms with Crippen LogP contribution >= 0.6 is 0 Å². The molecule has 154 valence electrons. The van der Waals surface area contributed by atoms with E-state index in [9.17, 15) is 4.79 Å². The van der Waals surface area contributed by atoms with Crippen LogP contribution in [0, 0.1) is 0 Å². The zero-order chi connectivity index (χ0) is 21.0. The van der Waals surface area contributed by atoms with Gasteiger partial charge in [-0.1, -0.05) is 66.7 Å². The van der Waals surface area contributed by atoms with Crippen LogP contribution < -0.4 is 4.90 Å². The van der Waals surface area contributed by atoms with E-state index >= 15 is 0 Å². The standard InChI is InChI=1S/C26H24N4O/c31-26(29-18-16-28(17-19-29)22-12-6-2-7-13-22)25-20-24(21-10-4-1-5-11-21)27-30(25)23-14-8-3-9-15-23/h1-15,20H,16-19H2. The molecule has 4 aromatic rings. The van der Waals surface area contributed by atoms with Gasteiger partial charge in [0.05, 0.1) is 11.4 Å². The van der Waals surface area contributed by atoms with Gasteiger partial charge in [-0.05, 0) is 30.3 Å². The summed E-state index contributed by atoms with van der Waals surface area (Å²) < 4.78 is 1.77. The van der Waals surface area contributed by atoms with Crippen LogP contribution in [0.4, 0.5) is 5.69 Å². The molecular formula is C26H24N4O. The van der Waals surface area contributed by atoms with Crippen LogP contribution in [0.2, 0.25) is 0 Å². The summed E-state index contributed by atoms with van der Waals surface area (Å²) in [6.45, 7) is 3.02. The average molecular weight is 409 g/mol. The van der Waals surface area contributed by atoms with Crippen LogP contribution in [0.5, 0.6) is 0 Å². The molecule has 1 aliphatic rings. The molecule has 2 heterocycles. The number of hydrogen-bond donors (Lipinski definition) is 0. The Hall–Kier alpha value is -3.86. The maximum atomic E-state index is 13.5. The fourth-order valence-corrected chi connectivity index (χ4v) is 4.02. The van der Waals surface area contributed by atoms with Crippen molar-refractivity contribution in [1.29, 1.82) is 0 Å². The number of carbonyl (C=O) groups excluding carboxylic acids is 1. The van der Waals surface area contributed by atoms with Gasteiger partial charge in [-0.2, -0.15) is 5.10 Å². The van der Waals surface area contributed by atoms with Crippen molar-refractivity contribution in [3.63, 3.8) is 0 Å². The third kappa shape index (κ3) is 3.94. The Balaban J connectivity index is 1.42. The number of hydrogen-bond acceptors (Lipinski definition) is 3. The molecule has 0 atom stereocenters. The lowest BCUT2D eigenvalue weighted by Crippen LogP contribution is -2.49. The number of aromatic nitrogens is 2. The Morgan fingerprint density at radius 2 is 1.23 bits per heavy atom. The van der Waals surface area contributed by atoms with E-state index in [1.165, 1.54) is 5.69 Å². The number of carbonyl (C=O) groups is 1. The Morgan fingerprint density at radius 3 is 1.84 bits per heavy atom. The van der Waals surface area contributed by atoms with Crippen LogP contribution in [0.3, 0.4) is 0 Å². The normalized spacial score (nSPS) is 13.9. The van der Waals surface area contributed by atoms with E-state index in [1.54, 1.807) is 4.68 Å². The predicted octanol–water partition coefficient (Wildman–Crippen LogP) is 4.50. The molecule has 5 nitrogen and oxygen atoms in total. The lowest BCUT2D eigenvalue weighted by molar-refractivity contribution is 0.0737. The van der Waals surface area contributed by atoms with Gasteiger partial charge in [-0.3, -0.25) is 4.79 Å². The summed E-state index contributed by atoms with van der Waals surface area (Å²) >= 11 is 0. The second kappa shape index (κ2) is 8.48. The Morgan fingerprint density at radius 1 is 0.677 bits per heavy atom. The topological polar surface area (TPSA) is 41.4 Å². The van der Waals surface area contributed by atoms with Gasteiger partial charge >= 0.3 is 0 Å². The molecule has 0 spiro atoms. The van der Waals surface area contributed by atoms with Gasteiger partial charge in [-0.25, -0.2) is 4.68 Å². The molecule has 0 N–H and O–H groups in total. The van der Waals surface area contributed by atoms with Gasteiger partial charge in [0.2, 0.25) is 0 Å². The number of rotatable bonds is 4. The summed E-state index contributed by atoms with van der Waals surface area (Å²) in [5.74, 6) is 0.0197. The minimum Gasteiger partial charge on any atom is -0.368 e. The molecule has 5 rings (SSSR count). The van der Waals surface area contributed by atoms with Crippen molar-refractivity contribution < 1.29 is 4.79 Å². The fraction of sp³-hybridized carbons (Fsp3) is 0.154. The molecule has 5 heteroatoms. The maximum Gasteiger partial charge on any atom is 0.272 e. The highest BCUT2D eigenvalue weighted by molar-refractivity contribution is 5.94. The lowest BCUT2D eigenvalue weighted by atomic mass is 10.1. The van der Waals surface area contributed by atoms with Crippen molar-refractivity contribution in [3.8, 4) is 16.9 Å². The molecule has 0 unspecified atom stereocenters. The summed E-state index contributed by atoms with van der Waals surface area (Å²) in [4.78, 5) is 17.8. The highest BCUT2D eigenvalue weighted by atomic mass is 16.2. The molecule has 0 radical (unpaired) electrons. The first kappa shape index (κ1) is 19.1. The molecule has 1 aromatic heterocycles. The highest BCUT2D eigenvalue weighted by Gasteiger charge is 2.26. The molecule has 0 aliphatic carbocycles. The zero-order valence-electron chi connectivity index (χ0n) is 17.3. The second-order valence-corrected chi connectivity index (χ2v) is 7.64. The maximum absolute atomic E-state index is 13.5. The number of benzene rings is 3.